The van der Waals surface area contributed by atoms with Crippen molar-refractivity contribution in [1.82, 2.24) is 0 Å². The van der Waals surface area contributed by atoms with Crippen LogP contribution in [0.15, 0.2) is 0 Å². The summed E-state index contributed by atoms with van der Waals surface area (Å²) in [5, 5.41) is 10.6. The van der Waals surface area contributed by atoms with Gasteiger partial charge in [-0.2, -0.15) is 0 Å². The minimum absolute atomic E-state index is 0.105. The summed E-state index contributed by atoms with van der Waals surface area (Å²) < 4.78 is 68.6. The molecule has 19 heteroatoms. The summed E-state index contributed by atoms with van der Waals surface area (Å²) >= 11 is 0. The largest absolute Gasteiger partial charge is 0.472 e. The number of rotatable bonds is 76. The first-order chi connectivity index (χ1) is 47.2. The van der Waals surface area contributed by atoms with E-state index >= 15 is 0 Å². The molecule has 0 spiro atoms. The molecule has 0 aliphatic heterocycles. The molecule has 0 bridgehead atoms. The molecule has 0 radical (unpaired) electrons. The van der Waals surface area contributed by atoms with Crippen molar-refractivity contribution in [3.05, 3.63) is 0 Å². The minimum atomic E-state index is -4.96. The number of aliphatic hydroxyl groups is 1. The van der Waals surface area contributed by atoms with Crippen LogP contribution in [0.5, 0.6) is 0 Å². The number of carbonyl (C=O) groups excluding carboxylic acids is 4. The van der Waals surface area contributed by atoms with E-state index in [1.54, 1.807) is 0 Å². The van der Waals surface area contributed by atoms with Gasteiger partial charge in [-0.1, -0.05) is 351 Å². The van der Waals surface area contributed by atoms with E-state index in [2.05, 4.69) is 55.4 Å². The lowest BCUT2D eigenvalue weighted by molar-refractivity contribution is -0.161. The SMILES string of the molecule is CCC(C)CCCCCCCCCCCCCCCCC(=O)OC[C@H](COP(=O)(O)OC[C@@H](O)COP(=O)(O)OC[C@@H](COC(=O)CCCCCCCCC(C)CC)OC(=O)CCCCCCCCCCCCCCCCC(C)CC)OC(=O)CCCCCCCCCCCC(C)C. The highest BCUT2D eigenvalue weighted by Gasteiger charge is 2.30. The number of carbonyl (C=O) groups is 4. The highest BCUT2D eigenvalue weighted by atomic mass is 31.2. The summed E-state index contributed by atoms with van der Waals surface area (Å²) in [4.78, 5) is 72.9. The summed E-state index contributed by atoms with van der Waals surface area (Å²) in [6.45, 7) is 14.3. The zero-order valence-corrected chi connectivity index (χ0v) is 66.2. The predicted molar refractivity (Wildman–Crippen MR) is 400 cm³/mol. The molecule has 0 aromatic carbocycles. The second-order valence-electron chi connectivity index (χ2n) is 29.7. The van der Waals surface area contributed by atoms with Gasteiger partial charge in [0.15, 0.2) is 12.2 Å². The molecule has 0 aliphatic rings. The fourth-order valence-electron chi connectivity index (χ4n) is 12.0. The third-order valence-electron chi connectivity index (χ3n) is 19.4. The van der Waals surface area contributed by atoms with Crippen LogP contribution in [0, 0.1) is 23.7 Å². The second kappa shape index (κ2) is 68.2. The number of hydrogen-bond acceptors (Lipinski definition) is 15. The van der Waals surface area contributed by atoms with Crippen molar-refractivity contribution in [1.29, 1.82) is 0 Å². The maximum absolute atomic E-state index is 13.1. The lowest BCUT2D eigenvalue weighted by Gasteiger charge is -2.21. The zero-order valence-electron chi connectivity index (χ0n) is 64.4. The number of unbranched alkanes of at least 4 members (excludes halogenated alkanes) is 39. The normalized spacial score (nSPS) is 14.9. The Morgan fingerprint density at radius 2 is 0.490 bits per heavy atom. The first-order valence-corrected chi connectivity index (χ1v) is 43.8. The van der Waals surface area contributed by atoms with Crippen molar-refractivity contribution < 1.29 is 80.2 Å². The average molecular weight is 1440 g/mol. The van der Waals surface area contributed by atoms with Crippen LogP contribution in [-0.4, -0.2) is 96.7 Å². The Labute approximate surface area is 600 Å². The van der Waals surface area contributed by atoms with Crippen LogP contribution in [0.1, 0.15) is 402 Å². The van der Waals surface area contributed by atoms with Crippen LogP contribution < -0.4 is 0 Å². The Kier molecular flexibility index (Phi) is 66.8. The highest BCUT2D eigenvalue weighted by Crippen LogP contribution is 2.45. The molecule has 0 aromatic rings. The molecule has 98 heavy (non-hydrogen) atoms. The quantitative estimate of drug-likeness (QED) is 0.0222. The number of phosphoric ester groups is 2. The van der Waals surface area contributed by atoms with Gasteiger partial charge in [0, 0.05) is 25.7 Å². The molecule has 582 valence electrons. The van der Waals surface area contributed by atoms with Gasteiger partial charge in [-0.3, -0.25) is 37.3 Å². The molecule has 17 nitrogen and oxygen atoms in total. The van der Waals surface area contributed by atoms with Crippen LogP contribution in [0.4, 0.5) is 0 Å². The molecule has 8 atom stereocenters. The highest BCUT2D eigenvalue weighted by molar-refractivity contribution is 7.47. The molecule has 5 unspecified atom stereocenters. The van der Waals surface area contributed by atoms with Crippen LogP contribution in [0.3, 0.4) is 0 Å². The Hall–Kier alpha value is -1.94. The number of ether oxygens (including phenoxy) is 4. The maximum Gasteiger partial charge on any atom is 0.472 e. The van der Waals surface area contributed by atoms with Crippen molar-refractivity contribution in [2.24, 2.45) is 23.7 Å². The van der Waals surface area contributed by atoms with Crippen LogP contribution >= 0.6 is 15.6 Å². The van der Waals surface area contributed by atoms with E-state index in [1.165, 1.54) is 199 Å². The number of hydrogen-bond donors (Lipinski definition) is 3. The lowest BCUT2D eigenvalue weighted by Crippen LogP contribution is -2.30. The molecule has 0 amide bonds. The van der Waals surface area contributed by atoms with Crippen molar-refractivity contribution in [3.63, 3.8) is 0 Å². The van der Waals surface area contributed by atoms with E-state index in [-0.39, 0.29) is 25.7 Å². The third kappa shape index (κ3) is 68.5. The van der Waals surface area contributed by atoms with E-state index < -0.39 is 97.5 Å². The number of phosphoric acid groups is 2. The maximum atomic E-state index is 13.1. The zero-order chi connectivity index (χ0) is 72.4. The van der Waals surface area contributed by atoms with Gasteiger partial charge in [-0.05, 0) is 49.4 Å². The summed E-state index contributed by atoms with van der Waals surface area (Å²) in [7, 11) is -9.92. The summed E-state index contributed by atoms with van der Waals surface area (Å²) in [5.41, 5.74) is 0. The van der Waals surface area contributed by atoms with Gasteiger partial charge in [0.05, 0.1) is 26.4 Å². The molecule has 0 rings (SSSR count). The van der Waals surface area contributed by atoms with Crippen molar-refractivity contribution in [2.75, 3.05) is 39.6 Å². The Morgan fingerprint density at radius 1 is 0.286 bits per heavy atom. The molecule has 0 aliphatic carbocycles. The standard InChI is InChI=1S/C79H154O17P2/c1-9-70(6)56-48-40-32-26-20-16-12-14-18-22-28-34-43-51-59-76(81)89-65-74(95-79(84)62-54-46-36-30-24-25-31-39-47-55-69(4)5)67-93-97(85,86)91-63-73(80)64-92-98(87,88)94-68-75(66-90-77(82)60-52-44-38-37-42-50-58-72(8)11-3)96-78(83)61-53-45-35-29-23-19-15-13-17-21-27-33-41-49-57-71(7)10-2/h69-75,80H,9-68H2,1-8H3,(H,85,86)(H,87,88)/t70?,71?,72?,73-,74-,75-/m1/s1. The topological polar surface area (TPSA) is 237 Å². The van der Waals surface area contributed by atoms with Gasteiger partial charge in [-0.25, -0.2) is 9.13 Å². The van der Waals surface area contributed by atoms with E-state index in [0.29, 0.717) is 25.7 Å². The molecule has 0 fully saturated rings. The summed E-state index contributed by atoms with van der Waals surface area (Å²) in [6, 6.07) is 0. The predicted octanol–water partition coefficient (Wildman–Crippen LogP) is 23.2. The van der Waals surface area contributed by atoms with Crippen molar-refractivity contribution in [2.45, 2.75) is 420 Å². The van der Waals surface area contributed by atoms with Gasteiger partial charge >= 0.3 is 39.5 Å². The molecular formula is C79H154O17P2. The van der Waals surface area contributed by atoms with E-state index in [9.17, 15) is 43.2 Å². The van der Waals surface area contributed by atoms with Gasteiger partial charge in [0.25, 0.3) is 0 Å². The van der Waals surface area contributed by atoms with Gasteiger partial charge in [0.2, 0.25) is 0 Å². The van der Waals surface area contributed by atoms with Crippen LogP contribution in [-0.2, 0) is 65.4 Å². The molecule has 0 saturated heterocycles. The van der Waals surface area contributed by atoms with Gasteiger partial charge < -0.3 is 33.8 Å². The van der Waals surface area contributed by atoms with E-state index in [1.807, 2.05) is 0 Å². The number of esters is 4. The van der Waals surface area contributed by atoms with Gasteiger partial charge in [-0.15, -0.1) is 0 Å². The average Bonchev–Trinajstić information content (AvgIpc) is 1.10. The van der Waals surface area contributed by atoms with Crippen LogP contribution in [0.25, 0.3) is 0 Å². The van der Waals surface area contributed by atoms with Crippen LogP contribution in [0.2, 0.25) is 0 Å². The first-order valence-electron chi connectivity index (χ1n) is 40.8. The van der Waals surface area contributed by atoms with E-state index in [4.69, 9.17) is 37.0 Å². The summed E-state index contributed by atoms with van der Waals surface area (Å²) in [6.07, 6.45) is 54.0. The Morgan fingerprint density at radius 3 is 0.724 bits per heavy atom. The first kappa shape index (κ1) is 96.1. The Balaban J connectivity index is 5.22. The molecular weight excluding hydrogens is 1280 g/mol. The Bertz CT molecular complexity index is 1930. The third-order valence-corrected chi connectivity index (χ3v) is 21.3. The summed E-state index contributed by atoms with van der Waals surface area (Å²) in [5.74, 6) is 1.04. The van der Waals surface area contributed by atoms with E-state index in [0.717, 1.165) is 120 Å². The minimum Gasteiger partial charge on any atom is -0.462 e. The molecule has 0 aromatic heterocycles. The molecule has 3 N–H and O–H groups in total. The fourth-order valence-corrected chi connectivity index (χ4v) is 13.6. The lowest BCUT2D eigenvalue weighted by atomic mass is 9.99. The fraction of sp³-hybridized carbons (Fsp3) is 0.949. The van der Waals surface area contributed by atoms with Gasteiger partial charge in [0.1, 0.15) is 19.3 Å². The molecule has 0 heterocycles. The smallest absolute Gasteiger partial charge is 0.462 e. The monoisotopic (exact) mass is 1440 g/mol. The second-order valence-corrected chi connectivity index (χ2v) is 32.6. The number of aliphatic hydroxyl groups excluding tert-OH is 1. The van der Waals surface area contributed by atoms with Crippen molar-refractivity contribution in [3.8, 4) is 0 Å². The van der Waals surface area contributed by atoms with Crippen molar-refractivity contribution >= 4 is 39.5 Å². The molecule has 0 saturated carbocycles.